The van der Waals surface area contributed by atoms with Gasteiger partial charge in [0.05, 0.1) is 38.6 Å². The lowest BCUT2D eigenvalue weighted by molar-refractivity contribution is -0.379. The van der Waals surface area contributed by atoms with E-state index in [9.17, 15) is 61.0 Å². The number of carbonyl (C=O) groups is 1. The van der Waals surface area contributed by atoms with Gasteiger partial charge in [0.2, 0.25) is 5.91 Å². The highest BCUT2D eigenvalue weighted by Crippen LogP contribution is 2.33. The van der Waals surface area contributed by atoms with Gasteiger partial charge in [-0.05, 0) is 32.1 Å². The highest BCUT2D eigenvalue weighted by molar-refractivity contribution is 5.76. The molecule has 500 valence electrons. The normalized spacial score (nSPS) is 29.1. The van der Waals surface area contributed by atoms with Gasteiger partial charge >= 0.3 is 0 Å². The number of amides is 1. The number of carbonyl (C=O) groups excluding carboxylic acids is 1. The summed E-state index contributed by atoms with van der Waals surface area (Å²) < 4.78 is 34.3. The fourth-order valence-electron chi connectivity index (χ4n) is 11.7. The molecule has 3 saturated heterocycles. The van der Waals surface area contributed by atoms with Gasteiger partial charge in [-0.1, -0.05) is 244 Å². The molecule has 0 bridgehead atoms. The molecule has 3 fully saturated rings. The first kappa shape index (κ1) is 77.5. The number of aliphatic hydroxyl groups is 11. The minimum Gasteiger partial charge on any atom is -0.394 e. The first-order valence-electron chi connectivity index (χ1n) is 34.1. The van der Waals surface area contributed by atoms with E-state index in [-0.39, 0.29) is 18.9 Å². The van der Waals surface area contributed by atoms with Gasteiger partial charge in [-0.3, -0.25) is 4.79 Å². The summed E-state index contributed by atoms with van der Waals surface area (Å²) in [6, 6.07) is -0.986. The standard InChI is InChI=1S/C66H123NO18/c1-3-5-7-9-11-13-15-17-19-20-21-22-23-24-25-26-27-28-29-30-32-34-36-38-40-42-44-54(72)67-49(50(71)43-41-39-37-35-33-31-18-16-14-12-10-8-6-4-2)48-80-64-60(78)57(75)62(52(46-69)82-64)85-66-61(79)58(76)63(53(47-70)83-66)84-65-59(77)56(74)55(73)51(45-68)81-65/h33,35,41,43,49-53,55-66,68-71,73-79H,3-32,34,36-40,42,44-48H2,1-2H3,(H,67,72)/b35-33+,43-41+. The molecule has 19 heteroatoms. The molecule has 0 aromatic heterocycles. The molecule has 0 saturated carbocycles. The molecule has 1 amide bonds. The average molecular weight is 1220 g/mol. The van der Waals surface area contributed by atoms with Crippen LogP contribution in [0.1, 0.15) is 258 Å². The molecule has 3 heterocycles. The summed E-state index contributed by atoms with van der Waals surface area (Å²) in [7, 11) is 0. The number of aliphatic hydroxyl groups excluding tert-OH is 11. The van der Waals surface area contributed by atoms with E-state index in [0.717, 1.165) is 38.5 Å². The number of hydrogen-bond donors (Lipinski definition) is 12. The van der Waals surface area contributed by atoms with Crippen LogP contribution in [0, 0.1) is 0 Å². The van der Waals surface area contributed by atoms with E-state index in [1.165, 1.54) is 186 Å². The summed E-state index contributed by atoms with van der Waals surface area (Å²) in [5, 5.41) is 120. The molecular formula is C66H123NO18. The lowest BCUT2D eigenvalue weighted by atomic mass is 9.96. The van der Waals surface area contributed by atoms with E-state index in [4.69, 9.17) is 28.4 Å². The van der Waals surface area contributed by atoms with Gasteiger partial charge in [0.1, 0.15) is 73.2 Å². The van der Waals surface area contributed by atoms with Crippen LogP contribution in [0.15, 0.2) is 24.3 Å². The smallest absolute Gasteiger partial charge is 0.220 e. The van der Waals surface area contributed by atoms with Crippen LogP contribution in [0.5, 0.6) is 0 Å². The maximum Gasteiger partial charge on any atom is 0.220 e. The summed E-state index contributed by atoms with van der Waals surface area (Å²) in [4.78, 5) is 13.4. The Morgan fingerprint density at radius 2 is 0.753 bits per heavy atom. The third-order valence-corrected chi connectivity index (χ3v) is 17.3. The predicted octanol–water partition coefficient (Wildman–Crippen LogP) is 8.27. The molecule has 3 aliphatic rings. The molecule has 3 aliphatic heterocycles. The van der Waals surface area contributed by atoms with E-state index in [2.05, 4.69) is 31.3 Å². The molecule has 0 aromatic rings. The molecular weight excluding hydrogens is 1090 g/mol. The van der Waals surface area contributed by atoms with E-state index in [0.29, 0.717) is 12.8 Å². The van der Waals surface area contributed by atoms with Crippen molar-refractivity contribution in [1.82, 2.24) is 5.32 Å². The van der Waals surface area contributed by atoms with Crippen molar-refractivity contribution in [3.8, 4) is 0 Å². The third kappa shape index (κ3) is 31.7. The molecule has 3 rings (SSSR count). The average Bonchev–Trinajstić information content (AvgIpc) is 3.15. The van der Waals surface area contributed by atoms with Crippen LogP contribution in [0.2, 0.25) is 0 Å². The quantitative estimate of drug-likeness (QED) is 0.0201. The minimum absolute atomic E-state index is 0.240. The van der Waals surface area contributed by atoms with Crippen LogP contribution in [0.25, 0.3) is 0 Å². The van der Waals surface area contributed by atoms with Crippen molar-refractivity contribution in [2.45, 2.75) is 362 Å². The van der Waals surface area contributed by atoms with Crippen LogP contribution in [0.4, 0.5) is 0 Å². The van der Waals surface area contributed by atoms with Gasteiger partial charge in [0.25, 0.3) is 0 Å². The number of nitrogens with one attached hydrogen (secondary N) is 1. The van der Waals surface area contributed by atoms with E-state index < -0.39 is 124 Å². The number of ether oxygens (including phenoxy) is 6. The summed E-state index contributed by atoms with van der Waals surface area (Å²) >= 11 is 0. The number of rotatable bonds is 52. The molecule has 0 aromatic carbocycles. The summed E-state index contributed by atoms with van der Waals surface area (Å²) in [5.41, 5.74) is 0. The van der Waals surface area contributed by atoms with Crippen LogP contribution >= 0.6 is 0 Å². The Kier molecular flexibility index (Phi) is 44.7. The van der Waals surface area contributed by atoms with E-state index in [1.807, 2.05) is 6.08 Å². The summed E-state index contributed by atoms with van der Waals surface area (Å²) in [6.07, 6.45) is 27.4. The zero-order valence-corrected chi connectivity index (χ0v) is 52.6. The molecule has 17 atom stereocenters. The van der Waals surface area contributed by atoms with E-state index in [1.54, 1.807) is 6.08 Å². The highest BCUT2D eigenvalue weighted by atomic mass is 16.8. The summed E-state index contributed by atoms with van der Waals surface area (Å²) in [6.45, 7) is 1.72. The van der Waals surface area contributed by atoms with Crippen molar-refractivity contribution in [1.29, 1.82) is 0 Å². The largest absolute Gasteiger partial charge is 0.394 e. The Hall–Kier alpha value is -1.73. The van der Waals surface area contributed by atoms with Crippen LogP contribution in [0.3, 0.4) is 0 Å². The Labute approximate surface area is 511 Å². The molecule has 0 radical (unpaired) electrons. The fraction of sp³-hybridized carbons (Fsp3) is 0.924. The zero-order chi connectivity index (χ0) is 61.9. The first-order valence-corrected chi connectivity index (χ1v) is 34.1. The Bertz CT molecular complexity index is 1640. The van der Waals surface area contributed by atoms with Gasteiger partial charge in [-0.15, -0.1) is 0 Å². The maximum absolute atomic E-state index is 13.4. The monoisotopic (exact) mass is 1220 g/mol. The highest BCUT2D eigenvalue weighted by Gasteiger charge is 2.53. The van der Waals surface area contributed by atoms with Crippen molar-refractivity contribution in [3.63, 3.8) is 0 Å². The summed E-state index contributed by atoms with van der Waals surface area (Å²) in [5.74, 6) is -0.281. The van der Waals surface area contributed by atoms with Crippen molar-refractivity contribution < 1.29 is 89.4 Å². The van der Waals surface area contributed by atoms with Crippen molar-refractivity contribution in [2.24, 2.45) is 0 Å². The second-order valence-electron chi connectivity index (χ2n) is 24.6. The van der Waals surface area contributed by atoms with Gasteiger partial charge in [-0.25, -0.2) is 0 Å². The third-order valence-electron chi connectivity index (χ3n) is 17.3. The molecule has 0 aliphatic carbocycles. The van der Waals surface area contributed by atoms with Crippen LogP contribution in [-0.4, -0.2) is 193 Å². The second-order valence-corrected chi connectivity index (χ2v) is 24.6. The maximum atomic E-state index is 13.4. The Balaban J connectivity index is 1.42. The number of allylic oxidation sites excluding steroid dienone is 3. The lowest BCUT2D eigenvalue weighted by Gasteiger charge is -2.48. The van der Waals surface area contributed by atoms with Crippen molar-refractivity contribution >= 4 is 5.91 Å². The SMILES string of the molecule is CCCCCCCCCC/C=C/CC/C=C/C(O)C(COC1OC(CO)C(OC2OC(CO)C(OC3OC(CO)C(O)C(O)C3O)C(O)C2O)C(O)C1O)NC(=O)CCCCCCCCCCCCCCCCCCCCCCCCCCCC. The van der Waals surface area contributed by atoms with Gasteiger partial charge < -0.3 is 89.9 Å². The molecule has 19 nitrogen and oxygen atoms in total. The minimum atomic E-state index is -1.98. The first-order chi connectivity index (χ1) is 41.3. The van der Waals surface area contributed by atoms with E-state index >= 15 is 0 Å². The molecule has 12 N–H and O–H groups in total. The number of hydrogen-bond acceptors (Lipinski definition) is 18. The number of unbranched alkanes of at least 4 members (excludes halogenated alkanes) is 34. The second kappa shape index (κ2) is 49.0. The Morgan fingerprint density at radius 1 is 0.412 bits per heavy atom. The van der Waals surface area contributed by atoms with Crippen LogP contribution in [-0.2, 0) is 33.2 Å². The van der Waals surface area contributed by atoms with Gasteiger partial charge in [0, 0.05) is 6.42 Å². The van der Waals surface area contributed by atoms with Crippen LogP contribution < -0.4 is 5.32 Å². The molecule has 17 unspecified atom stereocenters. The van der Waals surface area contributed by atoms with Gasteiger partial charge in [-0.2, -0.15) is 0 Å². The predicted molar refractivity (Wildman–Crippen MR) is 328 cm³/mol. The Morgan fingerprint density at radius 3 is 1.18 bits per heavy atom. The molecule has 0 spiro atoms. The fourth-order valence-corrected chi connectivity index (χ4v) is 11.7. The zero-order valence-electron chi connectivity index (χ0n) is 52.6. The lowest BCUT2D eigenvalue weighted by Crippen LogP contribution is -2.66. The van der Waals surface area contributed by atoms with Gasteiger partial charge in [0.15, 0.2) is 18.9 Å². The van der Waals surface area contributed by atoms with Crippen molar-refractivity contribution in [2.75, 3.05) is 26.4 Å². The van der Waals surface area contributed by atoms with Crippen molar-refractivity contribution in [3.05, 3.63) is 24.3 Å². The topological polar surface area (TPSA) is 307 Å². The molecule has 85 heavy (non-hydrogen) atoms.